The predicted octanol–water partition coefficient (Wildman–Crippen LogP) is 4.19. The maximum atomic E-state index is 14.6. The number of aliphatic imine (C=N–C) groups is 1. The average molecular weight is 467 g/mol. The van der Waals surface area contributed by atoms with Crippen molar-refractivity contribution in [3.05, 3.63) is 46.7 Å². The fraction of sp³-hybridized carbons (Fsp3) is 0.263. The number of pyridine rings is 1. The highest BCUT2D eigenvalue weighted by Crippen LogP contribution is 2.36. The van der Waals surface area contributed by atoms with E-state index in [9.17, 15) is 13.9 Å². The second-order valence-corrected chi connectivity index (χ2v) is 7.90. The SMILES string of the molecule is C[C@]1(CO)CN=C(Nc2cc(F)c(Oc3ccnc4[nH]cc(Br)c34)c(F)c2)OC1. The number of benzene rings is 1. The average Bonchev–Trinajstić information content (AvgIpc) is 3.09. The zero-order chi connectivity index (χ0) is 20.6. The summed E-state index contributed by atoms with van der Waals surface area (Å²) in [6.45, 7) is 2.34. The maximum Gasteiger partial charge on any atom is 0.289 e. The van der Waals surface area contributed by atoms with Gasteiger partial charge in [-0.15, -0.1) is 0 Å². The number of H-pyrrole nitrogens is 1. The summed E-state index contributed by atoms with van der Waals surface area (Å²) in [5, 5.41) is 12.6. The van der Waals surface area contributed by atoms with Gasteiger partial charge in [0.25, 0.3) is 6.02 Å². The minimum atomic E-state index is -0.888. The summed E-state index contributed by atoms with van der Waals surface area (Å²) in [5.74, 6) is -2.05. The number of nitrogens with zero attached hydrogens (tertiary/aromatic N) is 2. The highest BCUT2D eigenvalue weighted by Gasteiger charge is 2.29. The smallest absolute Gasteiger partial charge is 0.289 e. The fourth-order valence-corrected chi connectivity index (χ4v) is 3.30. The molecule has 10 heteroatoms. The molecule has 0 radical (unpaired) electrons. The number of hydrogen-bond donors (Lipinski definition) is 3. The van der Waals surface area contributed by atoms with Crippen LogP contribution < -0.4 is 10.1 Å². The Kier molecular flexibility index (Phi) is 5.13. The molecule has 3 aromatic rings. The second-order valence-electron chi connectivity index (χ2n) is 7.04. The van der Waals surface area contributed by atoms with Crippen molar-refractivity contribution in [1.29, 1.82) is 0 Å². The number of ether oxygens (including phenoxy) is 2. The molecule has 1 aromatic carbocycles. The summed E-state index contributed by atoms with van der Waals surface area (Å²) < 4.78 is 40.8. The van der Waals surface area contributed by atoms with Crippen LogP contribution in [0, 0.1) is 17.0 Å². The minimum Gasteiger partial charge on any atom is -0.464 e. The summed E-state index contributed by atoms with van der Waals surface area (Å²) >= 11 is 3.36. The normalized spacial score (nSPS) is 19.0. The molecule has 1 atom stereocenters. The fourth-order valence-electron chi connectivity index (χ4n) is 2.80. The number of nitrogens with one attached hydrogen (secondary N) is 2. The highest BCUT2D eigenvalue weighted by molar-refractivity contribution is 9.10. The summed E-state index contributed by atoms with van der Waals surface area (Å²) in [6, 6.07) is 3.84. The van der Waals surface area contributed by atoms with E-state index in [1.807, 2.05) is 6.92 Å². The van der Waals surface area contributed by atoms with Crippen molar-refractivity contribution in [3.63, 3.8) is 0 Å². The lowest BCUT2D eigenvalue weighted by Crippen LogP contribution is -2.38. The Balaban J connectivity index is 1.57. The molecule has 0 bridgehead atoms. The molecule has 3 N–H and O–H groups in total. The van der Waals surface area contributed by atoms with Crippen LogP contribution in [0.25, 0.3) is 11.0 Å². The van der Waals surface area contributed by atoms with Crippen LogP contribution in [0.3, 0.4) is 0 Å². The summed E-state index contributed by atoms with van der Waals surface area (Å²) in [4.78, 5) is 11.2. The van der Waals surface area contributed by atoms with Gasteiger partial charge in [-0.25, -0.2) is 18.8 Å². The van der Waals surface area contributed by atoms with Gasteiger partial charge in [0.05, 0.1) is 18.5 Å². The van der Waals surface area contributed by atoms with E-state index in [1.54, 1.807) is 6.20 Å². The molecule has 2 aromatic heterocycles. The Labute approximate surface area is 172 Å². The van der Waals surface area contributed by atoms with Gasteiger partial charge in [0.2, 0.25) is 0 Å². The van der Waals surface area contributed by atoms with Crippen LogP contribution in [0.5, 0.6) is 11.5 Å². The van der Waals surface area contributed by atoms with E-state index >= 15 is 0 Å². The van der Waals surface area contributed by atoms with Crippen LogP contribution in [0.4, 0.5) is 14.5 Å². The standard InChI is InChI=1S/C19H17BrF2N4O3/c1-19(8-27)7-25-18(28-9-19)26-10-4-12(21)16(13(22)5-10)29-14-2-3-23-17-15(14)11(20)6-24-17/h2-6,27H,7-9H2,1H3,(H,23,24)(H,25,26)/t19-/m1/s1. The molecule has 0 saturated heterocycles. The molecule has 0 spiro atoms. The number of anilines is 1. The van der Waals surface area contributed by atoms with Gasteiger partial charge in [0, 0.05) is 40.1 Å². The Hall–Kier alpha value is -2.72. The van der Waals surface area contributed by atoms with Gasteiger partial charge in [-0.2, -0.15) is 0 Å². The van der Waals surface area contributed by atoms with E-state index in [0.29, 0.717) is 22.1 Å². The van der Waals surface area contributed by atoms with E-state index in [2.05, 4.69) is 36.2 Å². The van der Waals surface area contributed by atoms with E-state index in [-0.39, 0.29) is 30.7 Å². The number of amidine groups is 1. The minimum absolute atomic E-state index is 0.0708. The lowest BCUT2D eigenvalue weighted by Gasteiger charge is -2.30. The Bertz CT molecular complexity index is 1080. The molecular formula is C19H17BrF2N4O3. The monoisotopic (exact) mass is 466 g/mol. The van der Waals surface area contributed by atoms with Gasteiger partial charge < -0.3 is 24.9 Å². The van der Waals surface area contributed by atoms with Gasteiger partial charge in [-0.05, 0) is 22.0 Å². The number of halogens is 3. The van der Waals surface area contributed by atoms with Crippen LogP contribution in [0.15, 0.2) is 40.1 Å². The van der Waals surface area contributed by atoms with Crippen LogP contribution in [0.2, 0.25) is 0 Å². The molecule has 1 aliphatic heterocycles. The third kappa shape index (κ3) is 3.90. The molecule has 0 fully saturated rings. The summed E-state index contributed by atoms with van der Waals surface area (Å²) in [5.41, 5.74) is 0.180. The highest BCUT2D eigenvalue weighted by atomic mass is 79.9. The molecule has 4 rings (SSSR count). The van der Waals surface area contributed by atoms with Crippen molar-refractivity contribution in [2.75, 3.05) is 25.1 Å². The quantitative estimate of drug-likeness (QED) is 0.535. The predicted molar refractivity (Wildman–Crippen MR) is 107 cm³/mol. The second kappa shape index (κ2) is 7.60. The number of aromatic nitrogens is 2. The first-order chi connectivity index (χ1) is 13.9. The first-order valence-corrected chi connectivity index (χ1v) is 9.51. The number of hydrogen-bond acceptors (Lipinski definition) is 6. The van der Waals surface area contributed by atoms with Crippen molar-refractivity contribution in [2.24, 2.45) is 10.4 Å². The number of fused-ring (bicyclic) bond motifs is 1. The van der Waals surface area contributed by atoms with Gasteiger partial charge in [-0.1, -0.05) is 6.92 Å². The lowest BCUT2D eigenvalue weighted by molar-refractivity contribution is 0.0706. The van der Waals surface area contributed by atoms with Gasteiger partial charge in [-0.3, -0.25) is 0 Å². The van der Waals surface area contributed by atoms with Crippen molar-refractivity contribution in [2.45, 2.75) is 6.92 Å². The zero-order valence-corrected chi connectivity index (χ0v) is 16.9. The first kappa shape index (κ1) is 19.6. The zero-order valence-electron chi connectivity index (χ0n) is 15.3. The third-order valence-electron chi connectivity index (χ3n) is 4.49. The Morgan fingerprint density at radius 1 is 1.38 bits per heavy atom. The Morgan fingerprint density at radius 3 is 2.79 bits per heavy atom. The van der Waals surface area contributed by atoms with Crippen molar-refractivity contribution >= 4 is 38.7 Å². The van der Waals surface area contributed by atoms with Crippen LogP contribution in [-0.2, 0) is 4.74 Å². The van der Waals surface area contributed by atoms with Gasteiger partial charge in [0.1, 0.15) is 18.0 Å². The summed E-state index contributed by atoms with van der Waals surface area (Å²) in [7, 11) is 0. The molecular weight excluding hydrogens is 450 g/mol. The van der Waals surface area contributed by atoms with Crippen molar-refractivity contribution in [1.82, 2.24) is 9.97 Å². The van der Waals surface area contributed by atoms with Gasteiger partial charge in [0.15, 0.2) is 17.4 Å². The Morgan fingerprint density at radius 2 is 2.14 bits per heavy atom. The van der Waals surface area contributed by atoms with Gasteiger partial charge >= 0.3 is 0 Å². The van der Waals surface area contributed by atoms with Crippen LogP contribution in [-0.4, -0.2) is 40.9 Å². The van der Waals surface area contributed by atoms with Crippen molar-refractivity contribution in [3.8, 4) is 11.5 Å². The van der Waals surface area contributed by atoms with E-state index < -0.39 is 22.8 Å². The molecule has 3 heterocycles. The molecule has 1 aliphatic rings. The number of aliphatic hydroxyl groups excluding tert-OH is 1. The summed E-state index contributed by atoms with van der Waals surface area (Å²) in [6.07, 6.45) is 3.14. The van der Waals surface area contributed by atoms with Crippen LogP contribution >= 0.6 is 15.9 Å². The molecule has 0 saturated carbocycles. The first-order valence-electron chi connectivity index (χ1n) is 8.72. The molecule has 7 nitrogen and oxygen atoms in total. The van der Waals surface area contributed by atoms with E-state index in [1.165, 1.54) is 12.3 Å². The van der Waals surface area contributed by atoms with E-state index in [4.69, 9.17) is 9.47 Å². The molecule has 152 valence electrons. The largest absolute Gasteiger partial charge is 0.464 e. The van der Waals surface area contributed by atoms with Crippen LogP contribution in [0.1, 0.15) is 6.92 Å². The molecule has 0 aliphatic carbocycles. The molecule has 0 amide bonds. The molecule has 0 unspecified atom stereocenters. The third-order valence-corrected chi connectivity index (χ3v) is 5.12. The van der Waals surface area contributed by atoms with E-state index in [0.717, 1.165) is 12.1 Å². The number of aliphatic hydroxyl groups is 1. The number of rotatable bonds is 4. The molecule has 29 heavy (non-hydrogen) atoms. The van der Waals surface area contributed by atoms with Crippen molar-refractivity contribution < 1.29 is 23.4 Å². The lowest BCUT2D eigenvalue weighted by atomic mass is 9.93. The maximum absolute atomic E-state index is 14.6. The number of aromatic amines is 1. The topological polar surface area (TPSA) is 91.8 Å².